The molecule has 0 unspecified atom stereocenters. The molecule has 1 N–H and O–H groups in total. The topological polar surface area (TPSA) is 95.9 Å². The predicted molar refractivity (Wildman–Crippen MR) is 116 cm³/mol. The van der Waals surface area contributed by atoms with Crippen molar-refractivity contribution in [3.63, 3.8) is 0 Å². The van der Waals surface area contributed by atoms with Gasteiger partial charge in [-0.2, -0.15) is 0 Å². The average Bonchev–Trinajstić information content (AvgIpc) is 3.25. The van der Waals surface area contributed by atoms with Crippen molar-refractivity contribution in [3.05, 3.63) is 57.0 Å². The number of ketones is 1. The van der Waals surface area contributed by atoms with E-state index in [1.54, 1.807) is 30.3 Å². The number of carbonyl (C=O) groups is 2. The lowest BCUT2D eigenvalue weighted by atomic mass is 9.96. The molecule has 9 heteroatoms. The highest BCUT2D eigenvalue weighted by molar-refractivity contribution is 7.14. The summed E-state index contributed by atoms with van der Waals surface area (Å²) >= 11 is 1.28. The Kier molecular flexibility index (Phi) is 6.45. The molecule has 8 nitrogen and oxygen atoms in total. The van der Waals surface area contributed by atoms with Gasteiger partial charge in [-0.15, -0.1) is 11.3 Å². The highest BCUT2D eigenvalue weighted by Crippen LogP contribution is 2.39. The highest BCUT2D eigenvalue weighted by Gasteiger charge is 2.44. The van der Waals surface area contributed by atoms with Crippen LogP contribution in [0.5, 0.6) is 0 Å². The number of Topliss-reactive ketones (excluding diaryl/α,β-unsaturated/α-hetero) is 1. The van der Waals surface area contributed by atoms with Gasteiger partial charge in [0.2, 0.25) is 5.78 Å². The molecular weight excluding hydrogens is 416 g/mol. The molecule has 2 aromatic rings. The Bertz CT molecular complexity index is 998. The Morgan fingerprint density at radius 1 is 1.29 bits per heavy atom. The van der Waals surface area contributed by atoms with E-state index in [1.807, 2.05) is 13.0 Å². The van der Waals surface area contributed by atoms with Crippen molar-refractivity contribution in [2.24, 2.45) is 0 Å². The van der Waals surface area contributed by atoms with Gasteiger partial charge in [-0.05, 0) is 31.9 Å². The van der Waals surface area contributed by atoms with E-state index in [-0.39, 0.29) is 11.4 Å². The number of morpholine rings is 1. The zero-order chi connectivity index (χ0) is 22.0. The lowest BCUT2D eigenvalue weighted by molar-refractivity contribution is -0.129. The molecular formula is C22H26N4O4S. The summed E-state index contributed by atoms with van der Waals surface area (Å²) in [6.07, 6.45) is 4.02. The summed E-state index contributed by atoms with van der Waals surface area (Å²) in [5.41, 5.74) is 1.42. The first-order valence-corrected chi connectivity index (χ1v) is 11.2. The van der Waals surface area contributed by atoms with Crippen LogP contribution in [0.15, 0.2) is 35.9 Å². The van der Waals surface area contributed by atoms with Crippen molar-refractivity contribution in [1.29, 1.82) is 0 Å². The first-order valence-electron chi connectivity index (χ1n) is 10.4. The van der Waals surface area contributed by atoms with Crippen LogP contribution in [0.1, 0.15) is 38.4 Å². The quantitative estimate of drug-likeness (QED) is 0.658. The SMILES string of the molecule is Cc1nc(C)c(C(=O)C2=C(O)C(=O)N(CCCN3CCOCC3)[C@H]2c2cccnc2)s1. The third kappa shape index (κ3) is 4.39. The number of rotatable bonds is 7. The van der Waals surface area contributed by atoms with Gasteiger partial charge in [0.05, 0.1) is 40.4 Å². The smallest absolute Gasteiger partial charge is 0.290 e. The molecule has 1 amide bonds. The second-order valence-electron chi connectivity index (χ2n) is 7.73. The number of aryl methyl sites for hydroxylation is 2. The molecule has 0 radical (unpaired) electrons. The van der Waals surface area contributed by atoms with Crippen LogP contribution in [0.25, 0.3) is 0 Å². The molecule has 1 atom stereocenters. The fraction of sp³-hybridized carbons (Fsp3) is 0.455. The van der Waals surface area contributed by atoms with Gasteiger partial charge >= 0.3 is 0 Å². The number of nitrogens with zero attached hydrogens (tertiary/aromatic N) is 4. The van der Waals surface area contributed by atoms with Gasteiger partial charge in [0.1, 0.15) is 0 Å². The zero-order valence-corrected chi connectivity index (χ0v) is 18.5. The fourth-order valence-corrected chi connectivity index (χ4v) is 5.03. The standard InChI is InChI=1S/C22H26N4O4S/c1-14-21(31-15(2)24-14)19(27)17-18(16-5-3-6-23-13-16)26(22(29)20(17)28)8-4-7-25-9-11-30-12-10-25/h3,5-6,13,18,28H,4,7-12H2,1-2H3/t18-/m0/s1. The minimum Gasteiger partial charge on any atom is -0.503 e. The van der Waals surface area contributed by atoms with E-state index in [4.69, 9.17) is 4.74 Å². The number of ether oxygens (including phenoxy) is 1. The number of hydrogen-bond donors (Lipinski definition) is 1. The number of carbonyl (C=O) groups excluding carboxylic acids is 2. The molecule has 1 fully saturated rings. The van der Waals surface area contributed by atoms with E-state index in [0.29, 0.717) is 22.7 Å². The van der Waals surface area contributed by atoms with E-state index in [9.17, 15) is 14.7 Å². The Morgan fingerprint density at radius 2 is 2.06 bits per heavy atom. The molecule has 0 saturated carbocycles. The van der Waals surface area contributed by atoms with Gasteiger partial charge in [-0.3, -0.25) is 19.5 Å². The predicted octanol–water partition coefficient (Wildman–Crippen LogP) is 2.46. The van der Waals surface area contributed by atoms with Gasteiger partial charge in [0, 0.05) is 38.6 Å². The first-order chi connectivity index (χ1) is 15.0. The maximum absolute atomic E-state index is 13.4. The maximum atomic E-state index is 13.4. The van der Waals surface area contributed by atoms with Crippen molar-refractivity contribution in [2.75, 3.05) is 39.4 Å². The van der Waals surface area contributed by atoms with Gasteiger partial charge in [-0.1, -0.05) is 6.07 Å². The highest BCUT2D eigenvalue weighted by atomic mass is 32.1. The molecule has 4 heterocycles. The van der Waals surface area contributed by atoms with E-state index in [0.717, 1.165) is 44.3 Å². The average molecular weight is 443 g/mol. The zero-order valence-electron chi connectivity index (χ0n) is 17.7. The molecule has 2 aromatic heterocycles. The summed E-state index contributed by atoms with van der Waals surface area (Å²) in [5.74, 6) is -1.34. The van der Waals surface area contributed by atoms with E-state index >= 15 is 0 Å². The third-order valence-corrected chi connectivity index (χ3v) is 6.71. The molecule has 0 aliphatic carbocycles. The van der Waals surface area contributed by atoms with E-state index in [1.165, 1.54) is 11.3 Å². The molecule has 2 aliphatic heterocycles. The van der Waals surface area contributed by atoms with Crippen molar-refractivity contribution < 1.29 is 19.4 Å². The van der Waals surface area contributed by atoms with Gasteiger partial charge in [-0.25, -0.2) is 4.98 Å². The van der Waals surface area contributed by atoms with Crippen molar-refractivity contribution in [2.45, 2.75) is 26.3 Å². The van der Waals surface area contributed by atoms with Crippen molar-refractivity contribution in [1.82, 2.24) is 19.8 Å². The molecule has 4 rings (SSSR count). The fourth-order valence-electron chi connectivity index (χ4n) is 4.15. The molecule has 164 valence electrons. The second-order valence-corrected chi connectivity index (χ2v) is 8.94. The van der Waals surface area contributed by atoms with Gasteiger partial charge in [0.25, 0.3) is 5.91 Å². The van der Waals surface area contributed by atoms with Crippen LogP contribution in [0.4, 0.5) is 0 Å². The molecule has 1 saturated heterocycles. The Labute approximate surface area is 185 Å². The Balaban J connectivity index is 1.61. The number of hydrogen-bond acceptors (Lipinski definition) is 8. The lowest BCUT2D eigenvalue weighted by Gasteiger charge is -2.29. The number of aliphatic hydroxyl groups excluding tert-OH is 1. The molecule has 0 spiro atoms. The number of thiazole rings is 1. The van der Waals surface area contributed by atoms with Crippen LogP contribution in [0.2, 0.25) is 0 Å². The molecule has 2 aliphatic rings. The monoisotopic (exact) mass is 442 g/mol. The normalized spacial score (nSPS) is 20.0. The van der Waals surface area contributed by atoms with Crippen molar-refractivity contribution in [3.8, 4) is 0 Å². The summed E-state index contributed by atoms with van der Waals surface area (Å²) in [4.78, 5) is 39.3. The minimum absolute atomic E-state index is 0.108. The number of pyridine rings is 1. The Morgan fingerprint density at radius 3 is 2.71 bits per heavy atom. The van der Waals surface area contributed by atoms with E-state index < -0.39 is 17.7 Å². The Hall–Kier alpha value is -2.62. The number of aromatic nitrogens is 2. The summed E-state index contributed by atoms with van der Waals surface area (Å²) in [5, 5.41) is 11.5. The number of amides is 1. The summed E-state index contributed by atoms with van der Waals surface area (Å²) < 4.78 is 5.38. The maximum Gasteiger partial charge on any atom is 0.290 e. The van der Waals surface area contributed by atoms with Crippen LogP contribution in [-0.4, -0.2) is 76.0 Å². The van der Waals surface area contributed by atoms with Crippen LogP contribution < -0.4 is 0 Å². The summed E-state index contributed by atoms with van der Waals surface area (Å²) in [7, 11) is 0. The molecule has 0 aromatic carbocycles. The van der Waals surface area contributed by atoms with Crippen LogP contribution in [0, 0.1) is 13.8 Å². The van der Waals surface area contributed by atoms with Crippen LogP contribution >= 0.6 is 11.3 Å². The summed E-state index contributed by atoms with van der Waals surface area (Å²) in [6, 6.07) is 2.93. The van der Waals surface area contributed by atoms with Crippen molar-refractivity contribution >= 4 is 23.0 Å². The van der Waals surface area contributed by atoms with E-state index in [2.05, 4.69) is 14.9 Å². The third-order valence-electron chi connectivity index (χ3n) is 5.64. The lowest BCUT2D eigenvalue weighted by Crippen LogP contribution is -2.39. The molecule has 31 heavy (non-hydrogen) atoms. The minimum atomic E-state index is -0.666. The first kappa shape index (κ1) is 21.6. The number of aliphatic hydroxyl groups is 1. The van der Waals surface area contributed by atoms with Crippen LogP contribution in [0.3, 0.4) is 0 Å². The largest absolute Gasteiger partial charge is 0.503 e. The van der Waals surface area contributed by atoms with Gasteiger partial charge in [0.15, 0.2) is 5.76 Å². The second kappa shape index (κ2) is 9.25. The molecule has 0 bridgehead atoms. The van der Waals surface area contributed by atoms with Crippen LogP contribution in [-0.2, 0) is 9.53 Å². The van der Waals surface area contributed by atoms with Gasteiger partial charge < -0.3 is 14.7 Å². The summed E-state index contributed by atoms with van der Waals surface area (Å²) in [6.45, 7) is 8.03.